The molecule has 3 aromatic rings. The molecule has 0 fully saturated rings. The predicted molar refractivity (Wildman–Crippen MR) is 106 cm³/mol. The Balaban J connectivity index is 1.50. The van der Waals surface area contributed by atoms with Gasteiger partial charge in [-0.2, -0.15) is 0 Å². The maximum Gasteiger partial charge on any atom is 0.280 e. The lowest BCUT2D eigenvalue weighted by Gasteiger charge is -2.19. The highest BCUT2D eigenvalue weighted by molar-refractivity contribution is 5.76. The van der Waals surface area contributed by atoms with Crippen molar-refractivity contribution in [3.63, 3.8) is 0 Å². The van der Waals surface area contributed by atoms with E-state index in [1.165, 1.54) is 24.7 Å². The van der Waals surface area contributed by atoms with Crippen LogP contribution in [0.3, 0.4) is 0 Å². The largest absolute Gasteiger partial charge is 0.384 e. The molecular formula is C22H16F2N4O. The lowest BCUT2D eigenvalue weighted by molar-refractivity contribution is 0.540. The van der Waals surface area contributed by atoms with Crippen LogP contribution in [-0.4, -0.2) is 20.6 Å². The quantitative estimate of drug-likeness (QED) is 0.746. The average molecular weight is 390 g/mol. The zero-order valence-corrected chi connectivity index (χ0v) is 15.2. The van der Waals surface area contributed by atoms with Crippen LogP contribution in [0.15, 0.2) is 72.1 Å². The minimum absolute atomic E-state index is 0.163. The van der Waals surface area contributed by atoms with Crippen molar-refractivity contribution in [2.75, 3.05) is 0 Å². The van der Waals surface area contributed by atoms with E-state index in [1.807, 2.05) is 30.5 Å². The topological polar surface area (TPSA) is 59.8 Å². The minimum Gasteiger partial charge on any atom is -0.384 e. The van der Waals surface area contributed by atoms with Gasteiger partial charge in [-0.05, 0) is 41.6 Å². The number of nitrogens with zero attached hydrogens (tertiary/aromatic N) is 3. The Labute approximate surface area is 164 Å². The number of rotatable bonds is 3. The van der Waals surface area contributed by atoms with Gasteiger partial charge in [-0.25, -0.2) is 18.7 Å². The maximum atomic E-state index is 14.8. The molecule has 0 radical (unpaired) electrons. The zero-order valence-electron chi connectivity index (χ0n) is 15.2. The number of hydrogen-bond donors (Lipinski definition) is 1. The summed E-state index contributed by atoms with van der Waals surface area (Å²) in [5, 5.41) is 3.20. The number of aromatic nitrogens is 3. The van der Waals surface area contributed by atoms with Gasteiger partial charge in [-0.1, -0.05) is 24.3 Å². The van der Waals surface area contributed by atoms with E-state index in [-0.39, 0.29) is 29.6 Å². The smallest absolute Gasteiger partial charge is 0.280 e. The third-order valence-electron chi connectivity index (χ3n) is 5.27. The summed E-state index contributed by atoms with van der Waals surface area (Å²) < 4.78 is 30.8. The second-order valence-corrected chi connectivity index (χ2v) is 7.08. The molecule has 2 aromatic heterocycles. The number of hydrogen-bond acceptors (Lipinski definition) is 4. The van der Waals surface area contributed by atoms with Crippen molar-refractivity contribution in [3.05, 3.63) is 100 Å². The molecule has 7 heteroatoms. The van der Waals surface area contributed by atoms with Gasteiger partial charge in [0, 0.05) is 17.7 Å². The highest BCUT2D eigenvalue weighted by Crippen LogP contribution is 2.30. The maximum absolute atomic E-state index is 14.8. The molecule has 0 bridgehead atoms. The summed E-state index contributed by atoms with van der Waals surface area (Å²) in [4.78, 5) is 20.7. The van der Waals surface area contributed by atoms with E-state index in [0.717, 1.165) is 10.1 Å². The van der Waals surface area contributed by atoms with E-state index in [9.17, 15) is 13.6 Å². The van der Waals surface area contributed by atoms with Gasteiger partial charge in [-0.15, -0.1) is 0 Å². The summed E-state index contributed by atoms with van der Waals surface area (Å²) in [5.41, 5.74) is 1.20. The molecule has 1 N–H and O–H groups in total. The second-order valence-electron chi connectivity index (χ2n) is 7.08. The molecule has 1 aliphatic heterocycles. The number of allylic oxidation sites excluding steroid dienone is 2. The monoisotopic (exact) mass is 390 g/mol. The van der Waals surface area contributed by atoms with E-state index in [4.69, 9.17) is 0 Å². The van der Waals surface area contributed by atoms with Crippen molar-refractivity contribution in [2.24, 2.45) is 5.92 Å². The van der Waals surface area contributed by atoms with Gasteiger partial charge in [0.25, 0.3) is 5.56 Å². The van der Waals surface area contributed by atoms with Crippen LogP contribution in [0.25, 0.3) is 16.6 Å². The fourth-order valence-electron chi connectivity index (χ4n) is 3.70. The molecule has 5 rings (SSSR count). The fourth-order valence-corrected chi connectivity index (χ4v) is 3.70. The molecule has 2 unspecified atom stereocenters. The molecule has 3 heterocycles. The fraction of sp³-hybridized carbons (Fsp3) is 0.136. The van der Waals surface area contributed by atoms with Crippen molar-refractivity contribution in [2.45, 2.75) is 12.6 Å². The summed E-state index contributed by atoms with van der Waals surface area (Å²) in [6, 6.07) is 6.13. The molecule has 5 nitrogen and oxygen atoms in total. The van der Waals surface area contributed by atoms with Gasteiger partial charge < -0.3 is 5.32 Å². The third-order valence-corrected chi connectivity index (χ3v) is 5.27. The van der Waals surface area contributed by atoms with E-state index >= 15 is 0 Å². The Bertz CT molecular complexity index is 1250. The van der Waals surface area contributed by atoms with Crippen LogP contribution >= 0.6 is 0 Å². The summed E-state index contributed by atoms with van der Waals surface area (Å²) in [5.74, 6) is -1.25. The number of benzene rings is 1. The molecule has 0 saturated carbocycles. The van der Waals surface area contributed by atoms with E-state index in [2.05, 4.69) is 15.3 Å². The first-order valence-electron chi connectivity index (χ1n) is 9.21. The lowest BCUT2D eigenvalue weighted by Crippen LogP contribution is -2.25. The average Bonchev–Trinajstić information content (AvgIpc) is 3.20. The highest BCUT2D eigenvalue weighted by atomic mass is 19.1. The molecule has 0 saturated heterocycles. The SMILES string of the molecule is O=c1c2ncccc2ncn1Cc1c(F)cc(C2=CC3C=CNC3C=C2)cc1F. The normalized spacial score (nSPS) is 19.9. The van der Waals surface area contributed by atoms with Gasteiger partial charge in [-0.3, -0.25) is 9.36 Å². The van der Waals surface area contributed by atoms with Crippen LogP contribution in [0.4, 0.5) is 8.78 Å². The molecule has 1 aliphatic carbocycles. The molecular weight excluding hydrogens is 374 g/mol. The van der Waals surface area contributed by atoms with Crippen LogP contribution in [0.5, 0.6) is 0 Å². The lowest BCUT2D eigenvalue weighted by atomic mass is 9.90. The Morgan fingerprint density at radius 3 is 2.79 bits per heavy atom. The number of halogens is 2. The summed E-state index contributed by atoms with van der Waals surface area (Å²) in [6.45, 7) is -0.261. The molecule has 29 heavy (non-hydrogen) atoms. The van der Waals surface area contributed by atoms with E-state index in [0.29, 0.717) is 11.1 Å². The zero-order chi connectivity index (χ0) is 20.0. The summed E-state index contributed by atoms with van der Waals surface area (Å²) >= 11 is 0. The van der Waals surface area contributed by atoms with Crippen molar-refractivity contribution in [3.8, 4) is 0 Å². The van der Waals surface area contributed by atoms with Crippen LogP contribution in [0, 0.1) is 17.6 Å². The Morgan fingerprint density at radius 2 is 1.97 bits per heavy atom. The Morgan fingerprint density at radius 1 is 1.14 bits per heavy atom. The van der Waals surface area contributed by atoms with Crippen LogP contribution < -0.4 is 10.9 Å². The number of nitrogens with one attached hydrogen (secondary N) is 1. The third kappa shape index (κ3) is 3.04. The van der Waals surface area contributed by atoms with Crippen molar-refractivity contribution < 1.29 is 8.78 Å². The van der Waals surface area contributed by atoms with Crippen molar-refractivity contribution in [1.29, 1.82) is 0 Å². The summed E-state index contributed by atoms with van der Waals surface area (Å²) in [7, 11) is 0. The van der Waals surface area contributed by atoms with Gasteiger partial charge in [0.15, 0.2) is 5.52 Å². The van der Waals surface area contributed by atoms with Crippen molar-refractivity contribution >= 4 is 16.6 Å². The van der Waals surface area contributed by atoms with Gasteiger partial charge >= 0.3 is 0 Å². The van der Waals surface area contributed by atoms with E-state index < -0.39 is 17.2 Å². The standard InChI is InChI=1S/C22H16F2N4O/c23-17-9-15(13-3-4-19-14(8-13)5-7-25-19)10-18(24)16(17)11-28-12-27-20-2-1-6-26-21(20)22(28)29/h1-10,12,14,19,25H,11H2. The van der Waals surface area contributed by atoms with E-state index in [1.54, 1.807) is 12.1 Å². The molecule has 0 spiro atoms. The molecule has 2 aliphatic rings. The Hall–Kier alpha value is -3.61. The summed E-state index contributed by atoms with van der Waals surface area (Å²) in [6.07, 6.45) is 12.5. The molecule has 1 aromatic carbocycles. The minimum atomic E-state index is -0.704. The highest BCUT2D eigenvalue weighted by Gasteiger charge is 2.23. The van der Waals surface area contributed by atoms with Gasteiger partial charge in [0.2, 0.25) is 0 Å². The number of pyridine rings is 1. The van der Waals surface area contributed by atoms with Crippen LogP contribution in [0.1, 0.15) is 11.1 Å². The van der Waals surface area contributed by atoms with Crippen LogP contribution in [0.2, 0.25) is 0 Å². The molecule has 0 amide bonds. The van der Waals surface area contributed by atoms with Gasteiger partial charge in [0.1, 0.15) is 11.6 Å². The second kappa shape index (κ2) is 6.77. The first-order valence-corrected chi connectivity index (χ1v) is 9.21. The predicted octanol–water partition coefficient (Wildman–Crippen LogP) is 3.17. The Kier molecular flexibility index (Phi) is 4.08. The number of fused-ring (bicyclic) bond motifs is 2. The molecule has 2 atom stereocenters. The molecule has 144 valence electrons. The first kappa shape index (κ1) is 17.5. The van der Waals surface area contributed by atoms with Gasteiger partial charge in [0.05, 0.1) is 24.4 Å². The van der Waals surface area contributed by atoms with Crippen molar-refractivity contribution in [1.82, 2.24) is 19.9 Å². The van der Waals surface area contributed by atoms with Crippen LogP contribution in [-0.2, 0) is 6.54 Å². The first-order chi connectivity index (χ1) is 14.1.